The average Bonchev–Trinajstić information content (AvgIpc) is 1.82. The first kappa shape index (κ1) is 12.4. The van der Waals surface area contributed by atoms with Crippen LogP contribution in [0.25, 0.3) is 0 Å². The Balaban J connectivity index is 5.26. The third kappa shape index (κ3) is 3.32. The monoisotopic (exact) mass is 202 g/mol. The molecule has 0 spiro atoms. The molecule has 0 rings (SSSR count). The first-order chi connectivity index (χ1) is 5.68. The third-order valence-electron chi connectivity index (χ3n) is 1.95. The van der Waals surface area contributed by atoms with Gasteiger partial charge in [-0.2, -0.15) is 0 Å². The highest BCUT2D eigenvalue weighted by atomic mass is 28.3. The van der Waals surface area contributed by atoms with E-state index in [2.05, 4.69) is 0 Å². The van der Waals surface area contributed by atoms with E-state index >= 15 is 0 Å². The lowest BCUT2D eigenvalue weighted by Gasteiger charge is -2.25. The zero-order chi connectivity index (χ0) is 10.8. The third-order valence-corrected chi connectivity index (χ3v) is 4.36. The molecule has 0 aliphatic rings. The van der Waals surface area contributed by atoms with Gasteiger partial charge in [0.05, 0.1) is 14.2 Å². The highest BCUT2D eigenvalue weighted by Crippen LogP contribution is 2.22. The van der Waals surface area contributed by atoms with Gasteiger partial charge in [-0.25, -0.2) is 4.79 Å². The van der Waals surface area contributed by atoms with Crippen molar-refractivity contribution < 1.29 is 15.0 Å². The summed E-state index contributed by atoms with van der Waals surface area (Å²) in [5.74, 6) is -0.932. The minimum absolute atomic E-state index is 0.300. The lowest BCUT2D eigenvalue weighted by atomic mass is 10.2. The molecule has 3 nitrogen and oxygen atoms in total. The summed E-state index contributed by atoms with van der Waals surface area (Å²) < 4.78 is 0. The Morgan fingerprint density at radius 2 is 1.69 bits per heavy atom. The van der Waals surface area contributed by atoms with Gasteiger partial charge in [-0.1, -0.05) is 19.6 Å². The van der Waals surface area contributed by atoms with Gasteiger partial charge >= 0.3 is 5.97 Å². The van der Waals surface area contributed by atoms with Crippen molar-refractivity contribution in [2.75, 3.05) is 0 Å². The van der Waals surface area contributed by atoms with Crippen molar-refractivity contribution in [3.63, 3.8) is 0 Å². The summed E-state index contributed by atoms with van der Waals surface area (Å²) in [6.45, 7) is 9.27. The summed E-state index contributed by atoms with van der Waals surface area (Å²) in [4.78, 5) is 10.7. The van der Waals surface area contributed by atoms with E-state index in [1.54, 1.807) is 13.8 Å². The summed E-state index contributed by atoms with van der Waals surface area (Å²) in [7, 11) is -1.73. The van der Waals surface area contributed by atoms with Gasteiger partial charge in [-0.15, -0.1) is 0 Å². The molecule has 0 heterocycles. The topological polar surface area (TPSA) is 57.5 Å². The van der Waals surface area contributed by atoms with Crippen LogP contribution in [0.3, 0.4) is 0 Å². The number of carbonyl (C=O) groups is 1. The number of aliphatic hydroxyl groups excluding tert-OH is 1. The molecule has 76 valence electrons. The maximum Gasteiger partial charge on any atom is 0.330 e. The molecule has 0 amide bonds. The van der Waals surface area contributed by atoms with E-state index in [-0.39, 0.29) is 0 Å². The summed E-state index contributed by atoms with van der Waals surface area (Å²) in [5, 5.41) is 19.0. The van der Waals surface area contributed by atoms with E-state index in [4.69, 9.17) is 5.11 Å². The molecule has 1 atom stereocenters. The van der Waals surface area contributed by atoms with E-state index in [9.17, 15) is 9.90 Å². The van der Waals surface area contributed by atoms with Crippen LogP contribution < -0.4 is 0 Å². The Morgan fingerprint density at radius 3 is 1.77 bits per heavy atom. The van der Waals surface area contributed by atoms with E-state index in [1.807, 2.05) is 19.6 Å². The summed E-state index contributed by atoms with van der Waals surface area (Å²) in [6, 6.07) is 0. The van der Waals surface area contributed by atoms with Gasteiger partial charge in [-0.05, 0) is 19.0 Å². The van der Waals surface area contributed by atoms with Crippen LogP contribution in [0.15, 0.2) is 10.8 Å². The highest BCUT2D eigenvalue weighted by Gasteiger charge is 2.27. The zero-order valence-electron chi connectivity index (χ0n) is 8.88. The van der Waals surface area contributed by atoms with Gasteiger partial charge < -0.3 is 10.2 Å². The second kappa shape index (κ2) is 4.06. The Morgan fingerprint density at radius 1 is 1.31 bits per heavy atom. The fraction of sp³-hybridized carbons (Fsp3) is 0.667. The molecule has 0 aliphatic heterocycles. The molecule has 0 radical (unpaired) electrons. The maximum atomic E-state index is 10.7. The summed E-state index contributed by atoms with van der Waals surface area (Å²) >= 11 is 0. The largest absolute Gasteiger partial charge is 0.478 e. The molecule has 0 aromatic carbocycles. The van der Waals surface area contributed by atoms with Crippen molar-refractivity contribution in [3.05, 3.63) is 10.8 Å². The number of carboxylic acids is 1. The zero-order valence-corrected chi connectivity index (χ0v) is 9.88. The molecule has 1 unspecified atom stereocenters. The lowest BCUT2D eigenvalue weighted by Crippen LogP contribution is -2.33. The standard InChI is InChI=1S/C9H18O3Si/c1-6(9(11)12)8(7(2)10)13(3,4)5/h7,10H,1-5H3,(H,11,12). The van der Waals surface area contributed by atoms with Gasteiger partial charge in [0, 0.05) is 5.57 Å². The fourth-order valence-electron chi connectivity index (χ4n) is 1.62. The molecular formula is C9H18O3Si. The van der Waals surface area contributed by atoms with Gasteiger partial charge in [0.25, 0.3) is 0 Å². The van der Waals surface area contributed by atoms with E-state index < -0.39 is 20.1 Å². The molecule has 4 heteroatoms. The Bertz CT molecular complexity index is 236. The number of aliphatic hydroxyl groups is 1. The number of aliphatic carboxylic acids is 1. The number of hydrogen-bond donors (Lipinski definition) is 2. The Labute approximate surface area is 80.1 Å². The van der Waals surface area contributed by atoms with Crippen LogP contribution in [0.5, 0.6) is 0 Å². The number of carboxylic acid groups (broad SMARTS) is 1. The molecule has 0 saturated heterocycles. The van der Waals surface area contributed by atoms with Crippen molar-refractivity contribution >= 4 is 14.0 Å². The van der Waals surface area contributed by atoms with E-state index in [0.29, 0.717) is 5.57 Å². The molecule has 13 heavy (non-hydrogen) atoms. The number of hydrogen-bond acceptors (Lipinski definition) is 2. The molecule has 2 N–H and O–H groups in total. The molecule has 0 saturated carbocycles. The van der Waals surface area contributed by atoms with Gasteiger partial charge in [0.1, 0.15) is 0 Å². The molecular weight excluding hydrogens is 184 g/mol. The van der Waals surface area contributed by atoms with Crippen LogP contribution in [0, 0.1) is 0 Å². The van der Waals surface area contributed by atoms with Crippen LogP contribution in [-0.4, -0.2) is 30.4 Å². The van der Waals surface area contributed by atoms with Crippen molar-refractivity contribution in [1.82, 2.24) is 0 Å². The second-order valence-electron chi connectivity index (χ2n) is 4.27. The van der Waals surface area contributed by atoms with Gasteiger partial charge in [-0.3, -0.25) is 0 Å². The molecule has 0 aromatic heterocycles. The number of rotatable bonds is 3. The SMILES string of the molecule is CC(C(=O)O)=C(C(C)O)[Si](C)(C)C. The van der Waals surface area contributed by atoms with Crippen LogP contribution in [0.1, 0.15) is 13.8 Å². The Kier molecular flexibility index (Phi) is 3.87. The average molecular weight is 202 g/mol. The first-order valence-corrected chi connectivity index (χ1v) is 7.80. The van der Waals surface area contributed by atoms with Crippen LogP contribution in [-0.2, 0) is 4.79 Å². The normalized spacial score (nSPS) is 16.5. The molecule has 0 aromatic rings. The molecule has 0 aliphatic carbocycles. The lowest BCUT2D eigenvalue weighted by molar-refractivity contribution is -0.132. The van der Waals surface area contributed by atoms with E-state index in [1.165, 1.54) is 0 Å². The minimum atomic E-state index is -1.73. The first-order valence-electron chi connectivity index (χ1n) is 4.30. The fourth-order valence-corrected chi connectivity index (χ4v) is 4.10. The quantitative estimate of drug-likeness (QED) is 0.540. The summed E-state index contributed by atoms with van der Waals surface area (Å²) in [6.07, 6.45) is -0.650. The predicted molar refractivity (Wildman–Crippen MR) is 55.4 cm³/mol. The minimum Gasteiger partial charge on any atom is -0.478 e. The van der Waals surface area contributed by atoms with Crippen LogP contribution in [0.2, 0.25) is 19.6 Å². The van der Waals surface area contributed by atoms with Crippen molar-refractivity contribution in [2.24, 2.45) is 0 Å². The van der Waals surface area contributed by atoms with Crippen molar-refractivity contribution in [1.29, 1.82) is 0 Å². The Hall–Kier alpha value is -0.613. The van der Waals surface area contributed by atoms with Crippen LogP contribution in [0.4, 0.5) is 0 Å². The van der Waals surface area contributed by atoms with Gasteiger partial charge in [0.15, 0.2) is 0 Å². The second-order valence-corrected chi connectivity index (χ2v) is 9.31. The smallest absolute Gasteiger partial charge is 0.330 e. The van der Waals surface area contributed by atoms with Crippen molar-refractivity contribution in [3.8, 4) is 0 Å². The van der Waals surface area contributed by atoms with Crippen LogP contribution >= 0.6 is 0 Å². The molecule has 0 fully saturated rings. The predicted octanol–water partition coefficient (Wildman–Crippen LogP) is 1.65. The molecule has 0 bridgehead atoms. The van der Waals surface area contributed by atoms with E-state index in [0.717, 1.165) is 5.20 Å². The highest BCUT2D eigenvalue weighted by molar-refractivity contribution is 6.83. The maximum absolute atomic E-state index is 10.7. The summed E-state index contributed by atoms with van der Waals surface area (Å²) in [5.41, 5.74) is 0.300. The van der Waals surface area contributed by atoms with Crippen molar-refractivity contribution in [2.45, 2.75) is 39.6 Å². The van der Waals surface area contributed by atoms with Gasteiger partial charge in [0.2, 0.25) is 0 Å².